The Labute approximate surface area is 110 Å². The second-order valence-electron chi connectivity index (χ2n) is 4.38. The average Bonchev–Trinajstić information content (AvgIpc) is 2.38. The Bertz CT molecular complexity index is 688. The van der Waals surface area contributed by atoms with Crippen LogP contribution in [0.15, 0.2) is 40.3 Å². The van der Waals surface area contributed by atoms with Crippen LogP contribution in [0.1, 0.15) is 11.1 Å². The van der Waals surface area contributed by atoms with Gasteiger partial charge < -0.3 is 5.73 Å². The monoisotopic (exact) mass is 260 g/mol. The Morgan fingerprint density at radius 3 is 2.79 bits per heavy atom. The van der Waals surface area contributed by atoms with Crippen molar-refractivity contribution in [3.8, 4) is 0 Å². The van der Waals surface area contributed by atoms with Gasteiger partial charge in [-0.05, 0) is 18.1 Å². The minimum absolute atomic E-state index is 0.227. The molecule has 2 N–H and O–H groups in total. The van der Waals surface area contributed by atoms with E-state index >= 15 is 0 Å². The van der Waals surface area contributed by atoms with Crippen molar-refractivity contribution in [3.05, 3.63) is 62.7 Å². The van der Waals surface area contributed by atoms with E-state index in [-0.39, 0.29) is 24.3 Å². The van der Waals surface area contributed by atoms with Crippen molar-refractivity contribution < 1.29 is 0 Å². The van der Waals surface area contributed by atoms with Crippen molar-refractivity contribution in [2.24, 2.45) is 5.73 Å². The molecule has 0 aromatic carbocycles. The molecule has 0 saturated carbocycles. The smallest absolute Gasteiger partial charge is 0.329 e. The van der Waals surface area contributed by atoms with E-state index in [1.54, 1.807) is 12.4 Å². The van der Waals surface area contributed by atoms with Crippen LogP contribution in [-0.4, -0.2) is 20.7 Å². The zero-order chi connectivity index (χ0) is 13.8. The first-order chi connectivity index (χ1) is 9.11. The normalized spacial score (nSPS) is 10.6. The molecule has 0 bridgehead atoms. The van der Waals surface area contributed by atoms with E-state index in [1.165, 1.54) is 16.8 Å². The molecular weight excluding hydrogens is 244 g/mol. The van der Waals surface area contributed by atoms with Crippen molar-refractivity contribution in [1.82, 2.24) is 14.1 Å². The molecular formula is C13H16N4O2. The Morgan fingerprint density at radius 1 is 1.32 bits per heavy atom. The van der Waals surface area contributed by atoms with E-state index in [0.717, 1.165) is 15.7 Å². The minimum atomic E-state index is -0.348. The standard InChI is InChI=1S/C13H16N4O2/c1-10-6-11(8-15-7-10)9-16-4-2-12(18)17(5-3-14)13(16)19/h2,4,6-8H,3,5,9,14H2,1H3. The Balaban J connectivity index is 2.39. The van der Waals surface area contributed by atoms with Gasteiger partial charge >= 0.3 is 5.69 Å². The topological polar surface area (TPSA) is 82.9 Å². The van der Waals surface area contributed by atoms with Crippen LogP contribution in [0.4, 0.5) is 0 Å². The lowest BCUT2D eigenvalue weighted by molar-refractivity contribution is 0.579. The number of nitrogens with zero attached hydrogens (tertiary/aromatic N) is 3. The summed E-state index contributed by atoms with van der Waals surface area (Å²) in [6, 6.07) is 3.33. The lowest BCUT2D eigenvalue weighted by atomic mass is 10.2. The highest BCUT2D eigenvalue weighted by Crippen LogP contribution is 2.02. The molecule has 19 heavy (non-hydrogen) atoms. The van der Waals surface area contributed by atoms with Crippen molar-refractivity contribution in [2.45, 2.75) is 20.0 Å². The minimum Gasteiger partial charge on any atom is -0.329 e. The SMILES string of the molecule is Cc1cncc(Cn2ccc(=O)n(CCN)c2=O)c1. The van der Waals surface area contributed by atoms with Gasteiger partial charge in [-0.15, -0.1) is 0 Å². The molecule has 0 amide bonds. The second kappa shape index (κ2) is 5.62. The number of hydrogen-bond donors (Lipinski definition) is 1. The molecule has 2 aromatic heterocycles. The Kier molecular flexibility index (Phi) is 3.91. The van der Waals surface area contributed by atoms with Crippen LogP contribution in [0.25, 0.3) is 0 Å². The van der Waals surface area contributed by atoms with Gasteiger partial charge in [-0.2, -0.15) is 0 Å². The van der Waals surface area contributed by atoms with E-state index in [1.807, 2.05) is 13.0 Å². The molecule has 6 nitrogen and oxygen atoms in total. The van der Waals surface area contributed by atoms with Gasteiger partial charge in [0, 0.05) is 37.7 Å². The van der Waals surface area contributed by atoms with Crippen molar-refractivity contribution in [3.63, 3.8) is 0 Å². The van der Waals surface area contributed by atoms with Gasteiger partial charge in [0.25, 0.3) is 5.56 Å². The zero-order valence-electron chi connectivity index (χ0n) is 10.7. The molecule has 0 aliphatic heterocycles. The summed E-state index contributed by atoms with van der Waals surface area (Å²) < 4.78 is 2.62. The fourth-order valence-corrected chi connectivity index (χ4v) is 1.91. The fraction of sp³-hybridized carbons (Fsp3) is 0.308. The van der Waals surface area contributed by atoms with Gasteiger partial charge in [-0.25, -0.2) is 4.79 Å². The van der Waals surface area contributed by atoms with Gasteiger partial charge in [0.05, 0.1) is 6.54 Å². The summed E-state index contributed by atoms with van der Waals surface area (Å²) >= 11 is 0. The highest BCUT2D eigenvalue weighted by Gasteiger charge is 2.05. The summed E-state index contributed by atoms with van der Waals surface area (Å²) in [5.41, 5.74) is 6.68. The summed E-state index contributed by atoms with van der Waals surface area (Å²) in [5, 5.41) is 0. The zero-order valence-corrected chi connectivity index (χ0v) is 10.7. The van der Waals surface area contributed by atoms with Crippen LogP contribution in [0.3, 0.4) is 0 Å². The summed E-state index contributed by atoms with van der Waals surface area (Å²) in [6.07, 6.45) is 4.96. The van der Waals surface area contributed by atoms with E-state index in [4.69, 9.17) is 5.73 Å². The lowest BCUT2D eigenvalue weighted by Crippen LogP contribution is -2.40. The number of aryl methyl sites for hydroxylation is 1. The summed E-state index contributed by atoms with van der Waals surface area (Å²) in [5.74, 6) is 0. The maximum absolute atomic E-state index is 12.1. The van der Waals surface area contributed by atoms with Gasteiger partial charge in [0.1, 0.15) is 0 Å². The molecule has 2 rings (SSSR count). The molecule has 0 radical (unpaired) electrons. The van der Waals surface area contributed by atoms with Gasteiger partial charge in [-0.1, -0.05) is 6.07 Å². The number of aromatic nitrogens is 3. The number of hydrogen-bond acceptors (Lipinski definition) is 4. The molecule has 0 fully saturated rings. The molecule has 0 aliphatic rings. The third kappa shape index (κ3) is 2.97. The third-order valence-electron chi connectivity index (χ3n) is 2.78. The second-order valence-corrected chi connectivity index (χ2v) is 4.38. The van der Waals surface area contributed by atoms with Crippen molar-refractivity contribution in [1.29, 1.82) is 0 Å². The first kappa shape index (κ1) is 13.2. The van der Waals surface area contributed by atoms with Crippen LogP contribution in [0, 0.1) is 6.92 Å². The Morgan fingerprint density at radius 2 is 2.11 bits per heavy atom. The molecule has 100 valence electrons. The molecule has 0 unspecified atom stereocenters. The molecule has 0 aliphatic carbocycles. The molecule has 2 aromatic rings. The largest absolute Gasteiger partial charge is 0.331 e. The highest BCUT2D eigenvalue weighted by atomic mass is 16.2. The van der Waals surface area contributed by atoms with Crippen LogP contribution in [0.5, 0.6) is 0 Å². The molecule has 0 atom stereocenters. The van der Waals surface area contributed by atoms with E-state index in [9.17, 15) is 9.59 Å². The van der Waals surface area contributed by atoms with Gasteiger partial charge in [0.15, 0.2) is 0 Å². The third-order valence-corrected chi connectivity index (χ3v) is 2.78. The maximum atomic E-state index is 12.1. The van der Waals surface area contributed by atoms with Crippen LogP contribution in [-0.2, 0) is 13.1 Å². The lowest BCUT2D eigenvalue weighted by Gasteiger charge is -2.09. The number of pyridine rings is 1. The van der Waals surface area contributed by atoms with E-state index < -0.39 is 0 Å². The van der Waals surface area contributed by atoms with Crippen LogP contribution in [0.2, 0.25) is 0 Å². The summed E-state index contributed by atoms with van der Waals surface area (Å²) in [4.78, 5) is 27.8. The fourth-order valence-electron chi connectivity index (χ4n) is 1.91. The predicted molar refractivity (Wildman–Crippen MR) is 72.1 cm³/mol. The highest BCUT2D eigenvalue weighted by molar-refractivity contribution is 5.16. The molecule has 0 saturated heterocycles. The van der Waals surface area contributed by atoms with Crippen LogP contribution < -0.4 is 17.0 Å². The number of nitrogens with two attached hydrogens (primary N) is 1. The first-order valence-electron chi connectivity index (χ1n) is 6.02. The Hall–Kier alpha value is -2.21. The first-order valence-corrected chi connectivity index (χ1v) is 6.02. The van der Waals surface area contributed by atoms with Crippen LogP contribution >= 0.6 is 0 Å². The maximum Gasteiger partial charge on any atom is 0.331 e. The van der Waals surface area contributed by atoms with Crippen molar-refractivity contribution in [2.75, 3.05) is 6.54 Å². The van der Waals surface area contributed by atoms with Gasteiger partial charge in [-0.3, -0.25) is 18.9 Å². The number of rotatable bonds is 4. The average molecular weight is 260 g/mol. The van der Waals surface area contributed by atoms with Crippen molar-refractivity contribution >= 4 is 0 Å². The van der Waals surface area contributed by atoms with E-state index in [0.29, 0.717) is 6.54 Å². The van der Waals surface area contributed by atoms with Gasteiger partial charge in [0.2, 0.25) is 0 Å². The summed E-state index contributed by atoms with van der Waals surface area (Å²) in [7, 11) is 0. The predicted octanol–water partition coefficient (Wildman–Crippen LogP) is -0.280. The summed E-state index contributed by atoms with van der Waals surface area (Å²) in [6.45, 7) is 2.81. The molecule has 6 heteroatoms. The van der Waals surface area contributed by atoms with E-state index in [2.05, 4.69) is 4.98 Å². The molecule has 2 heterocycles. The molecule has 0 spiro atoms. The quantitative estimate of drug-likeness (QED) is 0.819.